The van der Waals surface area contributed by atoms with E-state index in [1.54, 1.807) is 12.3 Å². The van der Waals surface area contributed by atoms with Crippen LogP contribution < -0.4 is 0 Å². The normalized spacial score (nSPS) is 12.0. The number of ether oxygens (including phenoxy) is 1. The Hall–Kier alpha value is -2.59. The molecule has 146 valence electrons. The smallest absolute Gasteiger partial charge is 0.311 e. The van der Waals surface area contributed by atoms with E-state index < -0.39 is 6.10 Å². The lowest BCUT2D eigenvalue weighted by Gasteiger charge is -2.14. The highest BCUT2D eigenvalue weighted by atomic mass is 35.5. The lowest BCUT2D eigenvalue weighted by atomic mass is 10.0. The van der Waals surface area contributed by atoms with E-state index in [0.717, 1.165) is 17.5 Å². The van der Waals surface area contributed by atoms with Crippen LogP contribution in [-0.2, 0) is 22.4 Å². The molecule has 0 saturated heterocycles. The molecule has 0 aliphatic carbocycles. The predicted octanol–water partition coefficient (Wildman–Crippen LogP) is 6.18. The van der Waals surface area contributed by atoms with Gasteiger partial charge in [-0.05, 0) is 31.4 Å². The maximum atomic E-state index is 12.4. The van der Waals surface area contributed by atoms with Gasteiger partial charge in [-0.1, -0.05) is 72.6 Å². The number of unbranched alkanes of at least 4 members (excludes halogenated alkanes) is 1. The van der Waals surface area contributed by atoms with Gasteiger partial charge in [0.05, 0.1) is 12.6 Å². The summed E-state index contributed by atoms with van der Waals surface area (Å²) in [6.45, 7) is 3.99. The number of aryl methyl sites for hydroxylation is 1. The average molecular weight is 398 g/mol. The summed E-state index contributed by atoms with van der Waals surface area (Å²) in [5.74, 6) is 0.251. The molecule has 0 saturated carbocycles. The van der Waals surface area contributed by atoms with Crippen molar-refractivity contribution in [2.45, 2.75) is 45.6 Å². The average Bonchev–Trinajstić information content (AvgIpc) is 3.15. The molecule has 1 unspecified atom stereocenters. The second-order valence-corrected chi connectivity index (χ2v) is 7.22. The maximum Gasteiger partial charge on any atom is 0.311 e. The molecule has 1 heterocycles. The van der Waals surface area contributed by atoms with Gasteiger partial charge in [0.15, 0.2) is 5.76 Å². The molecule has 0 aliphatic heterocycles. The van der Waals surface area contributed by atoms with Crippen LogP contribution >= 0.6 is 11.6 Å². The SMILES string of the molecule is CCCCc1ccc(-c2oncc2CC(=O)OC(C)c2ccccc2Cl)cc1. The molecular weight excluding hydrogens is 374 g/mol. The van der Waals surface area contributed by atoms with Crippen molar-refractivity contribution in [1.29, 1.82) is 0 Å². The Balaban J connectivity index is 1.66. The summed E-state index contributed by atoms with van der Waals surface area (Å²) >= 11 is 6.18. The van der Waals surface area contributed by atoms with E-state index in [1.165, 1.54) is 18.4 Å². The number of carbonyl (C=O) groups excluding carboxylic acids is 1. The molecule has 0 N–H and O–H groups in total. The van der Waals surface area contributed by atoms with E-state index in [9.17, 15) is 4.79 Å². The van der Waals surface area contributed by atoms with Gasteiger partial charge in [0.1, 0.15) is 6.10 Å². The Morgan fingerprint density at radius 1 is 1.18 bits per heavy atom. The first-order valence-corrected chi connectivity index (χ1v) is 9.93. The molecule has 1 atom stereocenters. The van der Waals surface area contributed by atoms with Gasteiger partial charge >= 0.3 is 5.97 Å². The third-order valence-corrected chi connectivity index (χ3v) is 5.01. The van der Waals surface area contributed by atoms with E-state index in [1.807, 2.05) is 37.3 Å². The Morgan fingerprint density at radius 3 is 2.64 bits per heavy atom. The van der Waals surface area contributed by atoms with Crippen LogP contribution in [0.2, 0.25) is 5.02 Å². The molecule has 1 aromatic heterocycles. The zero-order valence-corrected chi connectivity index (χ0v) is 16.9. The number of benzene rings is 2. The molecule has 0 amide bonds. The minimum Gasteiger partial charge on any atom is -0.457 e. The molecule has 4 nitrogen and oxygen atoms in total. The van der Waals surface area contributed by atoms with Gasteiger partial charge in [0, 0.05) is 21.7 Å². The number of carbonyl (C=O) groups is 1. The second-order valence-electron chi connectivity index (χ2n) is 6.81. The lowest BCUT2D eigenvalue weighted by molar-refractivity contribution is -0.147. The van der Waals surface area contributed by atoms with Gasteiger partial charge in [-0.15, -0.1) is 0 Å². The standard InChI is InChI=1S/C23H24ClNO3/c1-3-4-7-17-10-12-18(13-11-17)23-19(15-25-28-23)14-22(26)27-16(2)20-8-5-6-9-21(20)24/h5-6,8-13,15-16H,3-4,7,14H2,1-2H3. The van der Waals surface area contributed by atoms with E-state index in [0.29, 0.717) is 16.3 Å². The van der Waals surface area contributed by atoms with Gasteiger partial charge in [0.2, 0.25) is 0 Å². The Labute approximate surface area is 170 Å². The fraction of sp³-hybridized carbons (Fsp3) is 0.304. The van der Waals surface area contributed by atoms with Crippen molar-refractivity contribution in [3.8, 4) is 11.3 Å². The fourth-order valence-corrected chi connectivity index (χ4v) is 3.38. The number of halogens is 1. The molecule has 0 spiro atoms. The van der Waals surface area contributed by atoms with Crippen LogP contribution in [0.3, 0.4) is 0 Å². The molecule has 2 aromatic carbocycles. The first-order chi connectivity index (χ1) is 13.6. The van der Waals surface area contributed by atoms with E-state index >= 15 is 0 Å². The van der Waals surface area contributed by atoms with Gasteiger partial charge < -0.3 is 9.26 Å². The topological polar surface area (TPSA) is 52.3 Å². The quantitative estimate of drug-likeness (QED) is 0.425. The summed E-state index contributed by atoms with van der Waals surface area (Å²) in [7, 11) is 0. The van der Waals surface area contributed by atoms with Crippen LogP contribution in [0.1, 0.15) is 49.5 Å². The Kier molecular flexibility index (Phi) is 6.88. The van der Waals surface area contributed by atoms with Gasteiger partial charge in [-0.3, -0.25) is 4.79 Å². The second kappa shape index (κ2) is 9.56. The molecule has 0 radical (unpaired) electrons. The van der Waals surface area contributed by atoms with Crippen molar-refractivity contribution in [2.24, 2.45) is 0 Å². The van der Waals surface area contributed by atoms with Crippen LogP contribution in [0, 0.1) is 0 Å². The monoisotopic (exact) mass is 397 g/mol. The van der Waals surface area contributed by atoms with Crippen LogP contribution in [0.15, 0.2) is 59.3 Å². The highest BCUT2D eigenvalue weighted by molar-refractivity contribution is 6.31. The molecule has 5 heteroatoms. The van der Waals surface area contributed by atoms with Crippen LogP contribution in [-0.4, -0.2) is 11.1 Å². The third-order valence-electron chi connectivity index (χ3n) is 4.67. The van der Waals surface area contributed by atoms with Gasteiger partial charge in [-0.25, -0.2) is 0 Å². The third kappa shape index (κ3) is 5.02. The number of esters is 1. The predicted molar refractivity (Wildman–Crippen MR) is 110 cm³/mol. The van der Waals surface area contributed by atoms with E-state index in [-0.39, 0.29) is 12.4 Å². The fourth-order valence-electron chi connectivity index (χ4n) is 3.09. The molecule has 0 aliphatic rings. The number of hydrogen-bond donors (Lipinski definition) is 0. The van der Waals surface area contributed by atoms with Crippen LogP contribution in [0.4, 0.5) is 0 Å². The Morgan fingerprint density at radius 2 is 1.93 bits per heavy atom. The minimum atomic E-state index is -0.428. The summed E-state index contributed by atoms with van der Waals surface area (Å²) in [6, 6.07) is 15.5. The lowest BCUT2D eigenvalue weighted by Crippen LogP contribution is -2.11. The first kappa shape index (κ1) is 20.2. The molecule has 0 bridgehead atoms. The van der Waals surface area contributed by atoms with Crippen molar-refractivity contribution in [3.63, 3.8) is 0 Å². The molecule has 3 aromatic rings. The largest absolute Gasteiger partial charge is 0.457 e. The number of nitrogens with zero attached hydrogens (tertiary/aromatic N) is 1. The zero-order chi connectivity index (χ0) is 19.9. The van der Waals surface area contributed by atoms with Gasteiger partial charge in [0.25, 0.3) is 0 Å². The molecule has 28 heavy (non-hydrogen) atoms. The summed E-state index contributed by atoms with van der Waals surface area (Å²) in [5.41, 5.74) is 3.68. The molecule has 3 rings (SSSR count). The zero-order valence-electron chi connectivity index (χ0n) is 16.2. The molecule has 0 fully saturated rings. The summed E-state index contributed by atoms with van der Waals surface area (Å²) in [4.78, 5) is 12.4. The summed E-state index contributed by atoms with van der Waals surface area (Å²) in [5, 5.41) is 4.45. The highest BCUT2D eigenvalue weighted by Crippen LogP contribution is 2.27. The van der Waals surface area contributed by atoms with Crippen molar-refractivity contribution in [3.05, 3.63) is 76.4 Å². The molecular formula is C23H24ClNO3. The summed E-state index contributed by atoms with van der Waals surface area (Å²) < 4.78 is 11.0. The highest BCUT2D eigenvalue weighted by Gasteiger charge is 2.18. The number of rotatable bonds is 8. The number of hydrogen-bond acceptors (Lipinski definition) is 4. The van der Waals surface area contributed by atoms with Crippen LogP contribution in [0.25, 0.3) is 11.3 Å². The first-order valence-electron chi connectivity index (χ1n) is 9.55. The minimum absolute atomic E-state index is 0.0885. The van der Waals surface area contributed by atoms with Crippen molar-refractivity contribution < 1.29 is 14.1 Å². The van der Waals surface area contributed by atoms with E-state index in [4.69, 9.17) is 20.9 Å². The maximum absolute atomic E-state index is 12.4. The van der Waals surface area contributed by atoms with E-state index in [2.05, 4.69) is 24.2 Å². The van der Waals surface area contributed by atoms with Crippen molar-refractivity contribution >= 4 is 17.6 Å². The Bertz CT molecular complexity index is 918. The summed E-state index contributed by atoms with van der Waals surface area (Å²) in [6.07, 6.45) is 4.63. The number of aromatic nitrogens is 1. The van der Waals surface area contributed by atoms with Crippen molar-refractivity contribution in [1.82, 2.24) is 5.16 Å². The van der Waals surface area contributed by atoms with Crippen molar-refractivity contribution in [2.75, 3.05) is 0 Å². The van der Waals surface area contributed by atoms with Crippen LogP contribution in [0.5, 0.6) is 0 Å². The van der Waals surface area contributed by atoms with Gasteiger partial charge in [-0.2, -0.15) is 0 Å².